The molecule has 10 heteroatoms. The Morgan fingerprint density at radius 1 is 1.09 bits per heavy atom. The summed E-state index contributed by atoms with van der Waals surface area (Å²) in [6.07, 6.45) is 1.02. The van der Waals surface area contributed by atoms with Crippen molar-refractivity contribution in [3.05, 3.63) is 59.1 Å². The lowest BCUT2D eigenvalue weighted by Crippen LogP contribution is -2.52. The van der Waals surface area contributed by atoms with Crippen LogP contribution in [0, 0.1) is 0 Å². The molecule has 0 unspecified atom stereocenters. The molecular formula is C23H30ClN3O5S. The summed E-state index contributed by atoms with van der Waals surface area (Å²) in [6, 6.07) is 12.4. The number of anilines is 1. The van der Waals surface area contributed by atoms with E-state index in [1.165, 1.54) is 18.1 Å². The molecule has 8 nitrogen and oxygen atoms in total. The van der Waals surface area contributed by atoms with Crippen LogP contribution in [0.4, 0.5) is 5.69 Å². The predicted octanol–water partition coefficient (Wildman–Crippen LogP) is 3.06. The van der Waals surface area contributed by atoms with E-state index < -0.39 is 28.5 Å². The number of amides is 2. The molecule has 2 aromatic carbocycles. The van der Waals surface area contributed by atoms with Crippen molar-refractivity contribution in [2.45, 2.75) is 39.4 Å². The highest BCUT2D eigenvalue weighted by Gasteiger charge is 2.30. The number of methoxy groups -OCH3 is 1. The lowest BCUT2D eigenvalue weighted by Gasteiger charge is -2.32. The number of nitrogens with zero attached hydrogens (tertiary/aromatic N) is 2. The Bertz CT molecular complexity index is 1090. The van der Waals surface area contributed by atoms with Crippen LogP contribution in [0.15, 0.2) is 48.5 Å². The smallest absolute Gasteiger partial charge is 0.244 e. The number of halogens is 1. The lowest BCUT2D eigenvalue weighted by atomic mass is 10.1. The molecule has 0 heterocycles. The van der Waals surface area contributed by atoms with Crippen molar-refractivity contribution in [2.75, 3.05) is 24.2 Å². The van der Waals surface area contributed by atoms with Crippen molar-refractivity contribution in [3.63, 3.8) is 0 Å². The van der Waals surface area contributed by atoms with Gasteiger partial charge in [-0.15, -0.1) is 0 Å². The molecule has 2 aromatic rings. The second-order valence-corrected chi connectivity index (χ2v) is 10.3. The number of carbonyl (C=O) groups excluding carboxylic acids is 2. The Balaban J connectivity index is 2.40. The van der Waals surface area contributed by atoms with Gasteiger partial charge in [-0.05, 0) is 50.6 Å². The van der Waals surface area contributed by atoms with Gasteiger partial charge in [-0.3, -0.25) is 13.9 Å². The molecule has 0 aliphatic rings. The van der Waals surface area contributed by atoms with Crippen molar-refractivity contribution in [1.82, 2.24) is 10.2 Å². The normalized spacial score (nSPS) is 12.2. The third kappa shape index (κ3) is 7.64. The van der Waals surface area contributed by atoms with Crippen molar-refractivity contribution in [3.8, 4) is 5.75 Å². The summed E-state index contributed by atoms with van der Waals surface area (Å²) in [6.45, 7) is 4.86. The molecule has 0 spiro atoms. The molecule has 33 heavy (non-hydrogen) atoms. The molecule has 0 saturated heterocycles. The summed E-state index contributed by atoms with van der Waals surface area (Å²) in [5.74, 6) is -0.420. The first-order valence-electron chi connectivity index (χ1n) is 10.4. The Hall–Kier alpha value is -2.78. The average Bonchev–Trinajstić information content (AvgIpc) is 2.74. The first-order valence-corrected chi connectivity index (χ1v) is 12.6. The van der Waals surface area contributed by atoms with E-state index in [0.717, 1.165) is 10.6 Å². The van der Waals surface area contributed by atoms with E-state index in [4.69, 9.17) is 16.3 Å². The largest absolute Gasteiger partial charge is 0.497 e. The Kier molecular flexibility index (Phi) is 9.13. The summed E-state index contributed by atoms with van der Waals surface area (Å²) in [5.41, 5.74) is 1.000. The number of rotatable bonds is 10. The van der Waals surface area contributed by atoms with Crippen molar-refractivity contribution >= 4 is 39.1 Å². The molecule has 1 atom stereocenters. The summed E-state index contributed by atoms with van der Waals surface area (Å²) >= 11 is 6.09. The minimum absolute atomic E-state index is 0.0851. The molecule has 1 N–H and O–H groups in total. The minimum atomic E-state index is -3.81. The van der Waals surface area contributed by atoms with Gasteiger partial charge in [0.05, 0.1) is 19.1 Å². The summed E-state index contributed by atoms with van der Waals surface area (Å²) in [7, 11) is -2.34. The molecule has 0 saturated carbocycles. The SMILES string of the molecule is COc1cccc(N(CC(=O)N(Cc2cccc(Cl)c2)[C@H](C)C(=O)NC(C)C)S(C)(=O)=O)c1. The van der Waals surface area contributed by atoms with Gasteiger partial charge in [0.15, 0.2) is 0 Å². The zero-order chi connectivity index (χ0) is 24.8. The van der Waals surface area contributed by atoms with Crippen LogP contribution < -0.4 is 14.4 Å². The second kappa shape index (κ2) is 11.4. The third-order valence-electron chi connectivity index (χ3n) is 4.86. The highest BCUT2D eigenvalue weighted by molar-refractivity contribution is 7.92. The third-order valence-corrected chi connectivity index (χ3v) is 6.24. The highest BCUT2D eigenvalue weighted by Crippen LogP contribution is 2.24. The van der Waals surface area contributed by atoms with Gasteiger partial charge in [0.25, 0.3) is 0 Å². The van der Waals surface area contributed by atoms with Gasteiger partial charge < -0.3 is 15.0 Å². The molecule has 0 radical (unpaired) electrons. The van der Waals surface area contributed by atoms with Crippen LogP contribution >= 0.6 is 11.6 Å². The monoisotopic (exact) mass is 495 g/mol. The Morgan fingerprint density at radius 2 is 1.76 bits per heavy atom. The maximum Gasteiger partial charge on any atom is 0.244 e. The molecule has 2 amide bonds. The molecule has 0 bridgehead atoms. The van der Waals surface area contributed by atoms with E-state index in [9.17, 15) is 18.0 Å². The first-order chi connectivity index (χ1) is 15.4. The van der Waals surface area contributed by atoms with Crippen LogP contribution in [-0.2, 0) is 26.2 Å². The van der Waals surface area contributed by atoms with E-state index >= 15 is 0 Å². The lowest BCUT2D eigenvalue weighted by molar-refractivity contribution is -0.139. The Labute approximate surface area is 200 Å². The molecule has 2 rings (SSSR count). The summed E-state index contributed by atoms with van der Waals surface area (Å²) in [4.78, 5) is 27.5. The zero-order valence-electron chi connectivity index (χ0n) is 19.4. The van der Waals surface area contributed by atoms with Gasteiger partial charge in [-0.1, -0.05) is 29.8 Å². The van der Waals surface area contributed by atoms with Crippen molar-refractivity contribution in [2.24, 2.45) is 0 Å². The van der Waals surface area contributed by atoms with Gasteiger partial charge in [0, 0.05) is 23.7 Å². The fourth-order valence-corrected chi connectivity index (χ4v) is 4.25. The number of ether oxygens (including phenoxy) is 1. The fraction of sp³-hybridized carbons (Fsp3) is 0.391. The zero-order valence-corrected chi connectivity index (χ0v) is 21.0. The number of sulfonamides is 1. The number of carbonyl (C=O) groups is 2. The molecule has 0 aromatic heterocycles. The van der Waals surface area contributed by atoms with E-state index in [1.54, 1.807) is 49.4 Å². The van der Waals surface area contributed by atoms with Crippen LogP contribution in [0.25, 0.3) is 0 Å². The maximum atomic E-state index is 13.4. The maximum absolute atomic E-state index is 13.4. The van der Waals surface area contributed by atoms with Crippen molar-refractivity contribution < 1.29 is 22.7 Å². The minimum Gasteiger partial charge on any atom is -0.497 e. The van der Waals surface area contributed by atoms with Gasteiger partial charge >= 0.3 is 0 Å². The number of benzene rings is 2. The molecule has 0 fully saturated rings. The second-order valence-electron chi connectivity index (χ2n) is 7.96. The van der Waals surface area contributed by atoms with Gasteiger partial charge in [0.1, 0.15) is 18.3 Å². The standard InChI is InChI=1S/C23H30ClN3O5S/c1-16(2)25-23(29)17(3)26(14-18-8-6-9-19(24)12-18)22(28)15-27(33(5,30)31)20-10-7-11-21(13-20)32-4/h6-13,16-17H,14-15H2,1-5H3,(H,25,29)/t17-/m1/s1. The topological polar surface area (TPSA) is 96.0 Å². The predicted molar refractivity (Wildman–Crippen MR) is 130 cm³/mol. The first kappa shape index (κ1) is 26.5. The number of nitrogens with one attached hydrogen (secondary N) is 1. The molecule has 0 aliphatic carbocycles. The van der Waals surface area contributed by atoms with Gasteiger partial charge in [0.2, 0.25) is 21.8 Å². The highest BCUT2D eigenvalue weighted by atomic mass is 35.5. The summed E-state index contributed by atoms with van der Waals surface area (Å²) in [5, 5.41) is 3.29. The van der Waals surface area contributed by atoms with Gasteiger partial charge in [-0.2, -0.15) is 0 Å². The van der Waals surface area contributed by atoms with Crippen LogP contribution in [0.3, 0.4) is 0 Å². The molecule has 180 valence electrons. The van der Waals surface area contributed by atoms with Crippen LogP contribution in [0.1, 0.15) is 26.3 Å². The van der Waals surface area contributed by atoms with E-state index in [-0.39, 0.29) is 24.2 Å². The molecule has 0 aliphatic heterocycles. The van der Waals surface area contributed by atoms with Crippen LogP contribution in [0.5, 0.6) is 5.75 Å². The Morgan fingerprint density at radius 3 is 2.33 bits per heavy atom. The van der Waals surface area contributed by atoms with E-state index in [0.29, 0.717) is 16.3 Å². The van der Waals surface area contributed by atoms with Crippen molar-refractivity contribution in [1.29, 1.82) is 0 Å². The van der Waals surface area contributed by atoms with E-state index in [2.05, 4.69) is 5.32 Å². The molecular weight excluding hydrogens is 466 g/mol. The average molecular weight is 496 g/mol. The number of hydrogen-bond acceptors (Lipinski definition) is 5. The quantitative estimate of drug-likeness (QED) is 0.546. The van der Waals surface area contributed by atoms with Crippen LogP contribution in [0.2, 0.25) is 5.02 Å². The van der Waals surface area contributed by atoms with Gasteiger partial charge in [-0.25, -0.2) is 8.42 Å². The fourth-order valence-electron chi connectivity index (χ4n) is 3.20. The van der Waals surface area contributed by atoms with Crippen LogP contribution in [-0.4, -0.2) is 57.1 Å². The number of hydrogen-bond donors (Lipinski definition) is 1. The van der Waals surface area contributed by atoms with E-state index in [1.807, 2.05) is 13.8 Å². The summed E-state index contributed by atoms with van der Waals surface area (Å²) < 4.78 is 31.3.